The number of carbonyl (C=O) groups is 2. The molecule has 0 saturated heterocycles. The molecule has 1 rings (SSSR count). The van der Waals surface area contributed by atoms with Gasteiger partial charge in [0.05, 0.1) is 12.0 Å². The van der Waals surface area contributed by atoms with E-state index in [-0.39, 0.29) is 12.5 Å². The lowest BCUT2D eigenvalue weighted by Gasteiger charge is -2.25. The second kappa shape index (κ2) is 7.29. The number of hydrogen-bond acceptors (Lipinski definition) is 3. The largest absolute Gasteiger partial charge is 0.481 e. The number of hydrogen-bond donors (Lipinski definition) is 1. The molecule has 5 heteroatoms. The molecule has 106 valence electrons. The molecule has 2 unspecified atom stereocenters. The van der Waals surface area contributed by atoms with Gasteiger partial charge in [0.2, 0.25) is 5.91 Å². The van der Waals surface area contributed by atoms with Crippen molar-refractivity contribution in [3.05, 3.63) is 35.9 Å². The van der Waals surface area contributed by atoms with Gasteiger partial charge < -0.3 is 10.0 Å². The molecule has 0 aromatic heterocycles. The Morgan fingerprint density at radius 3 is 2.35 bits per heavy atom. The lowest BCUT2D eigenvalue weighted by atomic mass is 9.94. The summed E-state index contributed by atoms with van der Waals surface area (Å²) < 4.78 is 0. The smallest absolute Gasteiger partial charge is 0.307 e. The first-order chi connectivity index (χ1) is 9.47. The van der Waals surface area contributed by atoms with Crippen LogP contribution in [-0.2, 0) is 16.1 Å². The first-order valence-electron chi connectivity index (χ1n) is 6.39. The number of nitriles is 1. The molecule has 1 aromatic carbocycles. The quantitative estimate of drug-likeness (QED) is 0.803. The number of rotatable bonds is 6. The average molecular weight is 274 g/mol. The minimum absolute atomic E-state index is 0.0512. The van der Waals surface area contributed by atoms with Crippen molar-refractivity contribution < 1.29 is 14.7 Å². The summed E-state index contributed by atoms with van der Waals surface area (Å²) in [6.07, 6.45) is 0. The molecule has 0 spiro atoms. The summed E-state index contributed by atoms with van der Waals surface area (Å²) in [7, 11) is 0. The van der Waals surface area contributed by atoms with Crippen molar-refractivity contribution >= 4 is 11.9 Å². The normalized spacial score (nSPS) is 13.1. The molecule has 1 aromatic rings. The van der Waals surface area contributed by atoms with E-state index in [4.69, 9.17) is 10.4 Å². The van der Waals surface area contributed by atoms with Gasteiger partial charge in [0, 0.05) is 12.5 Å². The number of amides is 1. The van der Waals surface area contributed by atoms with Gasteiger partial charge in [-0.3, -0.25) is 9.59 Å². The van der Waals surface area contributed by atoms with Crippen LogP contribution < -0.4 is 0 Å². The number of carboxylic acid groups (broad SMARTS) is 1. The number of nitrogens with zero attached hydrogens (tertiary/aromatic N) is 2. The van der Waals surface area contributed by atoms with Crippen molar-refractivity contribution in [2.24, 2.45) is 11.8 Å². The summed E-state index contributed by atoms with van der Waals surface area (Å²) in [6, 6.07) is 11.3. The van der Waals surface area contributed by atoms with Crippen molar-refractivity contribution in [3.8, 4) is 6.07 Å². The SMILES string of the molecule is CC(C(=O)O)C(C)C(=O)N(CC#N)Cc1ccccc1. The van der Waals surface area contributed by atoms with E-state index in [9.17, 15) is 9.59 Å². The van der Waals surface area contributed by atoms with Gasteiger partial charge >= 0.3 is 5.97 Å². The van der Waals surface area contributed by atoms with Crippen LogP contribution in [-0.4, -0.2) is 28.4 Å². The molecule has 0 saturated carbocycles. The minimum atomic E-state index is -1.01. The van der Waals surface area contributed by atoms with E-state index in [1.807, 2.05) is 36.4 Å². The lowest BCUT2D eigenvalue weighted by Crippen LogP contribution is -2.39. The molecule has 0 radical (unpaired) electrons. The van der Waals surface area contributed by atoms with Gasteiger partial charge in [-0.2, -0.15) is 5.26 Å². The van der Waals surface area contributed by atoms with E-state index in [2.05, 4.69) is 0 Å². The monoisotopic (exact) mass is 274 g/mol. The molecule has 1 N–H and O–H groups in total. The fraction of sp³-hybridized carbons (Fsp3) is 0.400. The zero-order chi connectivity index (χ0) is 15.1. The predicted octanol–water partition coefficient (Wildman–Crippen LogP) is 1.90. The highest BCUT2D eigenvalue weighted by Crippen LogP contribution is 2.16. The molecular formula is C15H18N2O3. The molecule has 1 amide bonds. The van der Waals surface area contributed by atoms with Crippen molar-refractivity contribution in [3.63, 3.8) is 0 Å². The van der Waals surface area contributed by atoms with Crippen LogP contribution in [0.4, 0.5) is 0 Å². The van der Waals surface area contributed by atoms with Crippen LogP contribution in [0.25, 0.3) is 0 Å². The molecule has 20 heavy (non-hydrogen) atoms. The van der Waals surface area contributed by atoms with Crippen molar-refractivity contribution in [2.75, 3.05) is 6.54 Å². The topological polar surface area (TPSA) is 81.4 Å². The predicted molar refractivity (Wildman–Crippen MR) is 73.4 cm³/mol. The molecule has 5 nitrogen and oxygen atoms in total. The number of benzene rings is 1. The van der Waals surface area contributed by atoms with E-state index < -0.39 is 17.8 Å². The maximum absolute atomic E-state index is 12.3. The van der Waals surface area contributed by atoms with Gasteiger partial charge in [0.25, 0.3) is 0 Å². The Morgan fingerprint density at radius 1 is 1.25 bits per heavy atom. The first-order valence-corrected chi connectivity index (χ1v) is 6.39. The van der Waals surface area contributed by atoms with Gasteiger partial charge in [-0.25, -0.2) is 0 Å². The van der Waals surface area contributed by atoms with Crippen LogP contribution in [0.3, 0.4) is 0 Å². The van der Waals surface area contributed by atoms with Crippen LogP contribution in [0, 0.1) is 23.2 Å². The standard InChI is InChI=1S/C15H18N2O3/c1-11(12(2)15(19)20)14(18)17(9-8-16)10-13-6-4-3-5-7-13/h3-7,11-12H,9-10H2,1-2H3,(H,19,20). The summed E-state index contributed by atoms with van der Waals surface area (Å²) in [4.78, 5) is 24.6. The van der Waals surface area contributed by atoms with Gasteiger partial charge in [-0.05, 0) is 5.56 Å². The molecular weight excluding hydrogens is 256 g/mol. The van der Waals surface area contributed by atoms with E-state index >= 15 is 0 Å². The van der Waals surface area contributed by atoms with Crippen molar-refractivity contribution in [1.29, 1.82) is 5.26 Å². The Kier molecular flexibility index (Phi) is 5.73. The zero-order valence-corrected chi connectivity index (χ0v) is 11.6. The minimum Gasteiger partial charge on any atom is -0.481 e. The van der Waals surface area contributed by atoms with Gasteiger partial charge in [0.15, 0.2) is 0 Å². The molecule has 0 aliphatic carbocycles. The second-order valence-electron chi connectivity index (χ2n) is 4.75. The molecule has 0 bridgehead atoms. The maximum Gasteiger partial charge on any atom is 0.307 e. The highest BCUT2D eigenvalue weighted by molar-refractivity contribution is 5.84. The summed E-state index contributed by atoms with van der Waals surface area (Å²) in [5, 5.41) is 17.8. The van der Waals surface area contributed by atoms with Crippen LogP contribution >= 0.6 is 0 Å². The van der Waals surface area contributed by atoms with Gasteiger partial charge in [0.1, 0.15) is 6.54 Å². The lowest BCUT2D eigenvalue weighted by molar-refractivity contribution is -0.149. The Labute approximate surface area is 118 Å². The van der Waals surface area contributed by atoms with Crippen LogP contribution in [0.5, 0.6) is 0 Å². The zero-order valence-electron chi connectivity index (χ0n) is 11.6. The summed E-state index contributed by atoms with van der Waals surface area (Å²) in [5.41, 5.74) is 0.909. The molecule has 2 atom stereocenters. The molecule has 0 fully saturated rings. The third kappa shape index (κ3) is 4.09. The third-order valence-corrected chi connectivity index (χ3v) is 3.32. The Bertz CT molecular complexity index is 508. The fourth-order valence-electron chi connectivity index (χ4n) is 1.82. The average Bonchev–Trinajstić information content (AvgIpc) is 2.45. The Morgan fingerprint density at radius 2 is 1.85 bits per heavy atom. The summed E-state index contributed by atoms with van der Waals surface area (Å²) in [6.45, 7) is 3.34. The summed E-state index contributed by atoms with van der Waals surface area (Å²) in [5.74, 6) is -2.77. The number of carboxylic acids is 1. The van der Waals surface area contributed by atoms with E-state index in [0.717, 1.165) is 5.56 Å². The fourth-order valence-corrected chi connectivity index (χ4v) is 1.82. The van der Waals surface area contributed by atoms with E-state index in [1.54, 1.807) is 6.92 Å². The van der Waals surface area contributed by atoms with Crippen molar-refractivity contribution in [1.82, 2.24) is 4.90 Å². The van der Waals surface area contributed by atoms with Crippen LogP contribution in [0.2, 0.25) is 0 Å². The van der Waals surface area contributed by atoms with E-state index in [1.165, 1.54) is 11.8 Å². The maximum atomic E-state index is 12.3. The van der Waals surface area contributed by atoms with E-state index in [0.29, 0.717) is 6.54 Å². The molecule has 0 heterocycles. The second-order valence-corrected chi connectivity index (χ2v) is 4.75. The van der Waals surface area contributed by atoms with Crippen LogP contribution in [0.1, 0.15) is 19.4 Å². The molecule has 0 aliphatic rings. The van der Waals surface area contributed by atoms with Crippen LogP contribution in [0.15, 0.2) is 30.3 Å². The number of aliphatic carboxylic acids is 1. The van der Waals surface area contributed by atoms with Crippen molar-refractivity contribution in [2.45, 2.75) is 20.4 Å². The van der Waals surface area contributed by atoms with Gasteiger partial charge in [-0.15, -0.1) is 0 Å². The summed E-state index contributed by atoms with van der Waals surface area (Å²) >= 11 is 0. The Hall–Kier alpha value is -2.35. The Balaban J connectivity index is 2.83. The third-order valence-electron chi connectivity index (χ3n) is 3.32. The molecule has 0 aliphatic heterocycles. The first kappa shape index (κ1) is 15.7. The highest BCUT2D eigenvalue weighted by Gasteiger charge is 2.29. The highest BCUT2D eigenvalue weighted by atomic mass is 16.4. The van der Waals surface area contributed by atoms with Gasteiger partial charge in [-0.1, -0.05) is 44.2 Å². The number of carbonyl (C=O) groups excluding carboxylic acids is 1.